The fourth-order valence-corrected chi connectivity index (χ4v) is 3.71. The van der Waals surface area contributed by atoms with Crippen LogP contribution in [0, 0.1) is 0 Å². The molecule has 0 radical (unpaired) electrons. The van der Waals surface area contributed by atoms with Gasteiger partial charge >= 0.3 is 0 Å². The highest BCUT2D eigenvalue weighted by atomic mass is 32.1. The average molecular weight is 301 g/mol. The number of nitrogens with one attached hydrogen (secondary N) is 1. The summed E-state index contributed by atoms with van der Waals surface area (Å²) in [6.45, 7) is 6.40. The Labute approximate surface area is 130 Å². The van der Waals surface area contributed by atoms with E-state index in [1.54, 1.807) is 0 Å². The average Bonchev–Trinajstić information content (AvgIpc) is 3.28. The molecule has 1 aliphatic rings. The van der Waals surface area contributed by atoms with Gasteiger partial charge in [-0.25, -0.2) is 4.98 Å². The molecule has 112 valence electrons. The minimum absolute atomic E-state index is 0.696. The summed E-state index contributed by atoms with van der Waals surface area (Å²) in [7, 11) is 0. The lowest BCUT2D eigenvalue weighted by atomic mass is 10.1. The minimum Gasteiger partial charge on any atom is -0.312 e. The van der Waals surface area contributed by atoms with Crippen molar-refractivity contribution in [1.82, 2.24) is 15.3 Å². The van der Waals surface area contributed by atoms with Gasteiger partial charge in [-0.05, 0) is 43.9 Å². The molecule has 0 atom stereocenters. The smallest absolute Gasteiger partial charge is 0.142 e. The molecule has 1 aliphatic carbocycles. The number of hydrogen-bond acceptors (Lipinski definition) is 4. The van der Waals surface area contributed by atoms with Crippen LogP contribution in [0.2, 0.25) is 0 Å². The van der Waals surface area contributed by atoms with E-state index in [0.29, 0.717) is 5.92 Å². The second kappa shape index (κ2) is 6.67. The third kappa shape index (κ3) is 3.33. The molecule has 2 heterocycles. The molecule has 1 fully saturated rings. The van der Waals surface area contributed by atoms with Gasteiger partial charge in [-0.15, -0.1) is 11.3 Å². The first-order valence-corrected chi connectivity index (χ1v) is 8.79. The molecular weight excluding hydrogens is 278 g/mol. The predicted molar refractivity (Wildman–Crippen MR) is 88.7 cm³/mol. The van der Waals surface area contributed by atoms with Crippen LogP contribution in [0.15, 0.2) is 18.3 Å². The molecule has 2 aromatic heterocycles. The van der Waals surface area contributed by atoms with Gasteiger partial charge in [0.25, 0.3) is 0 Å². The molecular formula is C17H23N3S. The summed E-state index contributed by atoms with van der Waals surface area (Å²) in [4.78, 5) is 10.9. The van der Waals surface area contributed by atoms with Crippen LogP contribution in [0.5, 0.6) is 0 Å². The van der Waals surface area contributed by atoms with Crippen molar-refractivity contribution in [3.63, 3.8) is 0 Å². The van der Waals surface area contributed by atoms with Gasteiger partial charge in [0.2, 0.25) is 0 Å². The summed E-state index contributed by atoms with van der Waals surface area (Å²) in [5, 5.41) is 4.62. The van der Waals surface area contributed by atoms with Crippen molar-refractivity contribution in [2.75, 3.05) is 6.54 Å². The summed E-state index contributed by atoms with van der Waals surface area (Å²) in [6.07, 6.45) is 6.65. The van der Waals surface area contributed by atoms with Crippen molar-refractivity contribution in [2.24, 2.45) is 0 Å². The first-order valence-electron chi connectivity index (χ1n) is 7.98. The molecule has 0 amide bonds. The van der Waals surface area contributed by atoms with Crippen LogP contribution in [-0.4, -0.2) is 16.5 Å². The van der Waals surface area contributed by atoms with Crippen LogP contribution in [0.1, 0.15) is 55.2 Å². The zero-order chi connectivity index (χ0) is 14.7. The van der Waals surface area contributed by atoms with Gasteiger partial charge in [-0.2, -0.15) is 0 Å². The van der Waals surface area contributed by atoms with Gasteiger partial charge in [-0.3, -0.25) is 4.98 Å². The number of rotatable bonds is 7. The van der Waals surface area contributed by atoms with E-state index in [0.717, 1.165) is 30.2 Å². The highest BCUT2D eigenvalue weighted by molar-refractivity contribution is 7.15. The summed E-state index contributed by atoms with van der Waals surface area (Å²) >= 11 is 1.82. The van der Waals surface area contributed by atoms with Crippen molar-refractivity contribution in [1.29, 1.82) is 0 Å². The lowest BCUT2D eigenvalue weighted by molar-refractivity contribution is 0.676. The second-order valence-corrected chi connectivity index (χ2v) is 6.73. The van der Waals surface area contributed by atoms with Gasteiger partial charge in [-0.1, -0.05) is 19.9 Å². The maximum absolute atomic E-state index is 4.95. The molecule has 4 heteroatoms. The number of aromatic nitrogens is 2. The maximum Gasteiger partial charge on any atom is 0.142 e. The highest BCUT2D eigenvalue weighted by Crippen LogP contribution is 2.44. The van der Waals surface area contributed by atoms with Gasteiger partial charge < -0.3 is 5.32 Å². The molecule has 0 aromatic carbocycles. The lowest BCUT2D eigenvalue weighted by Crippen LogP contribution is -2.13. The Morgan fingerprint density at radius 3 is 2.90 bits per heavy atom. The molecule has 1 saturated carbocycles. The van der Waals surface area contributed by atoms with E-state index in [9.17, 15) is 0 Å². The molecule has 0 saturated heterocycles. The molecule has 0 unspecified atom stereocenters. The highest BCUT2D eigenvalue weighted by Gasteiger charge is 2.30. The first kappa shape index (κ1) is 14.7. The normalized spacial score (nSPS) is 14.6. The summed E-state index contributed by atoms with van der Waals surface area (Å²) in [5.41, 5.74) is 3.70. The molecule has 0 spiro atoms. The predicted octanol–water partition coefficient (Wildman–Crippen LogP) is 4.14. The van der Waals surface area contributed by atoms with Crippen LogP contribution in [-0.2, 0) is 13.0 Å². The van der Waals surface area contributed by atoms with Crippen LogP contribution in [0.4, 0.5) is 0 Å². The number of aryl methyl sites for hydroxylation is 1. The lowest BCUT2D eigenvalue weighted by Gasteiger charge is -2.02. The summed E-state index contributed by atoms with van der Waals surface area (Å²) in [5.74, 6) is 0.696. The summed E-state index contributed by atoms with van der Waals surface area (Å²) in [6, 6.07) is 4.18. The standard InChI is InChI=1S/C17H23N3S/c1-3-9-18-11-14-15(13-7-8-13)20-17(21-14)16-12(4-2)6-5-10-19-16/h5-6,10,13,18H,3-4,7-9,11H2,1-2H3. The molecule has 0 aliphatic heterocycles. The Morgan fingerprint density at radius 2 is 2.19 bits per heavy atom. The van der Waals surface area contributed by atoms with E-state index in [1.807, 2.05) is 23.6 Å². The third-order valence-corrected chi connectivity index (χ3v) is 4.96. The second-order valence-electron chi connectivity index (χ2n) is 5.64. The molecule has 3 rings (SSSR count). The van der Waals surface area contributed by atoms with E-state index < -0.39 is 0 Å². The van der Waals surface area contributed by atoms with Crippen LogP contribution in [0.3, 0.4) is 0 Å². The minimum atomic E-state index is 0.696. The Bertz CT molecular complexity index is 602. The Hall–Kier alpha value is -1.26. The topological polar surface area (TPSA) is 37.8 Å². The number of thiazole rings is 1. The zero-order valence-corrected chi connectivity index (χ0v) is 13.7. The van der Waals surface area contributed by atoms with Gasteiger partial charge in [0.1, 0.15) is 10.7 Å². The van der Waals surface area contributed by atoms with E-state index in [4.69, 9.17) is 4.98 Å². The monoisotopic (exact) mass is 301 g/mol. The molecule has 0 bridgehead atoms. The van der Waals surface area contributed by atoms with Crippen molar-refractivity contribution < 1.29 is 0 Å². The van der Waals surface area contributed by atoms with E-state index in [2.05, 4.69) is 30.2 Å². The van der Waals surface area contributed by atoms with Crippen molar-refractivity contribution in [3.8, 4) is 10.7 Å². The quantitative estimate of drug-likeness (QED) is 0.781. The molecule has 2 aromatic rings. The number of hydrogen-bond donors (Lipinski definition) is 1. The Kier molecular flexibility index (Phi) is 4.66. The van der Waals surface area contributed by atoms with Crippen LogP contribution in [0.25, 0.3) is 10.7 Å². The third-order valence-electron chi connectivity index (χ3n) is 3.88. The molecule has 1 N–H and O–H groups in total. The fourth-order valence-electron chi connectivity index (χ4n) is 2.56. The van der Waals surface area contributed by atoms with Crippen molar-refractivity contribution in [3.05, 3.63) is 34.5 Å². The Morgan fingerprint density at radius 1 is 1.33 bits per heavy atom. The largest absolute Gasteiger partial charge is 0.312 e. The SMILES string of the molecule is CCCNCc1sc(-c2ncccc2CC)nc1C1CC1. The van der Waals surface area contributed by atoms with E-state index >= 15 is 0 Å². The summed E-state index contributed by atoms with van der Waals surface area (Å²) < 4.78 is 0. The van der Waals surface area contributed by atoms with Gasteiger partial charge in [0.15, 0.2) is 0 Å². The molecule has 21 heavy (non-hydrogen) atoms. The van der Waals surface area contributed by atoms with Crippen molar-refractivity contribution >= 4 is 11.3 Å². The van der Waals surface area contributed by atoms with Gasteiger partial charge in [0.05, 0.1) is 5.69 Å². The van der Waals surface area contributed by atoms with E-state index in [1.165, 1.54) is 35.4 Å². The fraction of sp³-hybridized carbons (Fsp3) is 0.529. The number of pyridine rings is 1. The zero-order valence-electron chi connectivity index (χ0n) is 12.9. The van der Waals surface area contributed by atoms with Gasteiger partial charge in [0, 0.05) is 23.5 Å². The van der Waals surface area contributed by atoms with Crippen LogP contribution < -0.4 is 5.32 Å². The first-order chi connectivity index (χ1) is 10.3. The molecule has 3 nitrogen and oxygen atoms in total. The maximum atomic E-state index is 4.95. The Balaban J connectivity index is 1.90. The van der Waals surface area contributed by atoms with Crippen LogP contribution >= 0.6 is 11.3 Å². The van der Waals surface area contributed by atoms with Crippen molar-refractivity contribution in [2.45, 2.75) is 52.0 Å². The van der Waals surface area contributed by atoms with E-state index in [-0.39, 0.29) is 0 Å². The number of nitrogens with zero attached hydrogens (tertiary/aromatic N) is 2.